The second-order valence-electron chi connectivity index (χ2n) is 6.55. The summed E-state index contributed by atoms with van der Waals surface area (Å²) in [5.41, 5.74) is -0.844. The molecule has 0 spiro atoms. The van der Waals surface area contributed by atoms with Crippen molar-refractivity contribution in [3.05, 3.63) is 11.6 Å². The minimum Gasteiger partial charge on any atom is -0.468 e. The fourth-order valence-corrected chi connectivity index (χ4v) is 2.82. The molecule has 0 saturated carbocycles. The topological polar surface area (TPSA) is 72.9 Å². The number of carbonyl (C=O) groups excluding carboxylic acids is 3. The number of methoxy groups -OCH3 is 1. The number of amides is 1. The van der Waals surface area contributed by atoms with Gasteiger partial charge in [0.15, 0.2) is 5.78 Å². The van der Waals surface area contributed by atoms with Gasteiger partial charge < -0.3 is 14.4 Å². The maximum Gasteiger partial charge on any atom is 0.410 e. The van der Waals surface area contributed by atoms with Gasteiger partial charge in [-0.05, 0) is 38.8 Å². The zero-order valence-corrected chi connectivity index (χ0v) is 12.9. The number of hydrogen-bond acceptors (Lipinski definition) is 5. The van der Waals surface area contributed by atoms with Crippen LogP contribution in [0.4, 0.5) is 4.79 Å². The summed E-state index contributed by atoms with van der Waals surface area (Å²) in [6.07, 6.45) is 1.67. The van der Waals surface area contributed by atoms with Crippen LogP contribution < -0.4 is 0 Å². The Hall–Kier alpha value is -1.85. The van der Waals surface area contributed by atoms with Gasteiger partial charge in [0.1, 0.15) is 11.0 Å². The van der Waals surface area contributed by atoms with Crippen LogP contribution in [0.15, 0.2) is 11.6 Å². The Morgan fingerprint density at radius 2 is 2.00 bits per heavy atom. The minimum absolute atomic E-state index is 0.0180. The van der Waals surface area contributed by atoms with Crippen molar-refractivity contribution in [1.82, 2.24) is 4.90 Å². The monoisotopic (exact) mass is 295 g/mol. The fourth-order valence-electron chi connectivity index (χ4n) is 2.82. The molecule has 0 N–H and O–H groups in total. The zero-order chi connectivity index (χ0) is 15.8. The Bertz CT molecular complexity index is 517. The fraction of sp³-hybridized carbons (Fsp3) is 0.667. The van der Waals surface area contributed by atoms with Crippen LogP contribution in [-0.2, 0) is 19.1 Å². The van der Waals surface area contributed by atoms with E-state index in [1.165, 1.54) is 18.1 Å². The van der Waals surface area contributed by atoms with Gasteiger partial charge in [-0.3, -0.25) is 9.59 Å². The van der Waals surface area contributed by atoms with Crippen molar-refractivity contribution in [2.45, 2.75) is 39.2 Å². The van der Waals surface area contributed by atoms with E-state index in [0.717, 1.165) is 0 Å². The molecule has 1 amide bonds. The summed E-state index contributed by atoms with van der Waals surface area (Å²) < 4.78 is 10.2. The summed E-state index contributed by atoms with van der Waals surface area (Å²) in [7, 11) is 1.32. The highest BCUT2D eigenvalue weighted by Crippen LogP contribution is 2.44. The smallest absolute Gasteiger partial charge is 0.410 e. The summed E-state index contributed by atoms with van der Waals surface area (Å²) in [6, 6.07) is 0. The molecule has 2 aliphatic rings. The summed E-state index contributed by atoms with van der Waals surface area (Å²) in [4.78, 5) is 37.4. The molecule has 1 heterocycles. The van der Waals surface area contributed by atoms with Crippen LogP contribution >= 0.6 is 0 Å². The van der Waals surface area contributed by atoms with Crippen molar-refractivity contribution in [3.63, 3.8) is 0 Å². The average Bonchev–Trinajstić information content (AvgIpc) is 2.75. The Balaban J connectivity index is 2.26. The van der Waals surface area contributed by atoms with E-state index in [1.54, 1.807) is 20.8 Å². The van der Waals surface area contributed by atoms with E-state index in [2.05, 4.69) is 0 Å². The Kier molecular flexibility index (Phi) is 3.82. The van der Waals surface area contributed by atoms with Gasteiger partial charge >= 0.3 is 12.1 Å². The van der Waals surface area contributed by atoms with Crippen molar-refractivity contribution in [3.8, 4) is 0 Å². The maximum absolute atomic E-state index is 12.2. The number of esters is 1. The first kappa shape index (κ1) is 15.5. The normalized spacial score (nSPS) is 25.2. The second-order valence-corrected chi connectivity index (χ2v) is 6.55. The quantitative estimate of drug-likeness (QED) is 0.688. The zero-order valence-electron chi connectivity index (χ0n) is 12.9. The third kappa shape index (κ3) is 2.94. The highest BCUT2D eigenvalue weighted by molar-refractivity contribution is 5.96. The number of nitrogens with zero attached hydrogens (tertiary/aromatic N) is 1. The van der Waals surface area contributed by atoms with Crippen molar-refractivity contribution < 1.29 is 23.9 Å². The van der Waals surface area contributed by atoms with Crippen molar-refractivity contribution >= 4 is 17.8 Å². The molecule has 0 bridgehead atoms. The van der Waals surface area contributed by atoms with E-state index in [-0.39, 0.29) is 18.9 Å². The lowest BCUT2D eigenvalue weighted by molar-refractivity contribution is -0.150. The summed E-state index contributed by atoms with van der Waals surface area (Å²) in [6.45, 7) is 5.79. The number of rotatable bonds is 1. The third-order valence-corrected chi connectivity index (χ3v) is 3.80. The molecule has 2 rings (SSSR count). The van der Waals surface area contributed by atoms with Gasteiger partial charge in [0.05, 0.1) is 7.11 Å². The largest absolute Gasteiger partial charge is 0.468 e. The lowest BCUT2D eigenvalue weighted by Crippen LogP contribution is -2.41. The first-order chi connectivity index (χ1) is 9.68. The Labute approximate surface area is 124 Å². The van der Waals surface area contributed by atoms with Crippen LogP contribution in [0, 0.1) is 5.41 Å². The molecule has 1 aliphatic carbocycles. The van der Waals surface area contributed by atoms with E-state index in [0.29, 0.717) is 18.4 Å². The summed E-state index contributed by atoms with van der Waals surface area (Å²) in [5, 5.41) is 0. The highest BCUT2D eigenvalue weighted by Gasteiger charge is 2.53. The molecule has 0 aromatic heterocycles. The van der Waals surface area contributed by atoms with Gasteiger partial charge in [0.2, 0.25) is 0 Å². The second kappa shape index (κ2) is 5.16. The highest BCUT2D eigenvalue weighted by atomic mass is 16.6. The summed E-state index contributed by atoms with van der Waals surface area (Å²) in [5.74, 6) is -0.414. The van der Waals surface area contributed by atoms with Crippen LogP contribution in [0.25, 0.3) is 0 Å². The lowest BCUT2D eigenvalue weighted by atomic mass is 9.74. The standard InChI is InChI=1S/C15H21NO5/c1-14(2,3)21-13(19)16-8-10-7-11(17)5-6-15(10,9-16)12(18)20-4/h7H,5-6,8-9H2,1-4H3/t15-/m0/s1. The van der Waals surface area contributed by atoms with Crippen molar-refractivity contribution in [2.75, 3.05) is 20.2 Å². The molecule has 1 aliphatic heterocycles. The van der Waals surface area contributed by atoms with Crippen LogP contribution in [0.2, 0.25) is 0 Å². The number of ether oxygens (including phenoxy) is 2. The number of hydrogen-bond donors (Lipinski definition) is 0. The SMILES string of the molecule is COC(=O)[C@]12CCC(=O)C=C1CN(C(=O)OC(C)(C)C)C2. The molecule has 0 aromatic carbocycles. The Morgan fingerprint density at radius 1 is 1.33 bits per heavy atom. The van der Waals surface area contributed by atoms with Gasteiger partial charge in [-0.2, -0.15) is 0 Å². The molecule has 21 heavy (non-hydrogen) atoms. The molecule has 1 atom stereocenters. The van der Waals surface area contributed by atoms with Crippen molar-refractivity contribution in [2.24, 2.45) is 5.41 Å². The number of fused-ring (bicyclic) bond motifs is 1. The van der Waals surface area contributed by atoms with Gasteiger partial charge in [0.25, 0.3) is 0 Å². The Morgan fingerprint density at radius 3 is 2.57 bits per heavy atom. The van der Waals surface area contributed by atoms with E-state index >= 15 is 0 Å². The van der Waals surface area contributed by atoms with Crippen LogP contribution in [0.5, 0.6) is 0 Å². The number of allylic oxidation sites excluding steroid dienone is 1. The molecule has 6 heteroatoms. The molecule has 0 aromatic rings. The van der Waals surface area contributed by atoms with Crippen LogP contribution in [-0.4, -0.2) is 48.5 Å². The molecule has 1 saturated heterocycles. The van der Waals surface area contributed by atoms with Gasteiger partial charge in [-0.25, -0.2) is 4.79 Å². The molecule has 1 fully saturated rings. The van der Waals surface area contributed by atoms with Crippen LogP contribution in [0.3, 0.4) is 0 Å². The maximum atomic E-state index is 12.2. The third-order valence-electron chi connectivity index (χ3n) is 3.80. The minimum atomic E-state index is -0.889. The van der Waals surface area contributed by atoms with Crippen LogP contribution in [0.1, 0.15) is 33.6 Å². The number of ketones is 1. The molecule has 116 valence electrons. The van der Waals surface area contributed by atoms with Crippen molar-refractivity contribution in [1.29, 1.82) is 0 Å². The molecular formula is C15H21NO5. The van der Waals surface area contributed by atoms with E-state index in [9.17, 15) is 14.4 Å². The van der Waals surface area contributed by atoms with E-state index in [1.807, 2.05) is 0 Å². The first-order valence-electron chi connectivity index (χ1n) is 6.98. The molecular weight excluding hydrogens is 274 g/mol. The molecule has 0 radical (unpaired) electrons. The first-order valence-corrected chi connectivity index (χ1v) is 6.98. The van der Waals surface area contributed by atoms with E-state index < -0.39 is 23.1 Å². The van der Waals surface area contributed by atoms with Gasteiger partial charge in [-0.1, -0.05) is 0 Å². The predicted octanol–water partition coefficient (Wildman–Crippen LogP) is 1.69. The summed E-state index contributed by atoms with van der Waals surface area (Å²) >= 11 is 0. The molecule has 0 unspecified atom stereocenters. The van der Waals surface area contributed by atoms with Gasteiger partial charge in [0, 0.05) is 19.5 Å². The average molecular weight is 295 g/mol. The lowest BCUT2D eigenvalue weighted by Gasteiger charge is -2.30. The predicted molar refractivity (Wildman–Crippen MR) is 74.6 cm³/mol. The number of likely N-dealkylation sites (tertiary alicyclic amines) is 1. The van der Waals surface area contributed by atoms with Gasteiger partial charge in [-0.15, -0.1) is 0 Å². The molecule has 6 nitrogen and oxygen atoms in total. The number of carbonyl (C=O) groups is 3. The van der Waals surface area contributed by atoms with E-state index in [4.69, 9.17) is 9.47 Å².